The van der Waals surface area contributed by atoms with E-state index in [9.17, 15) is 23.2 Å². The topological polar surface area (TPSA) is 198 Å². The zero-order chi connectivity index (χ0) is 73.6. The molecule has 105 heavy (non-hydrogen) atoms. The van der Waals surface area contributed by atoms with E-state index < -0.39 is 29.1 Å². The van der Waals surface area contributed by atoms with Gasteiger partial charge in [0.25, 0.3) is 0 Å². The van der Waals surface area contributed by atoms with Gasteiger partial charge in [-0.05, 0) is 90.5 Å². The van der Waals surface area contributed by atoms with Crippen molar-refractivity contribution in [2.75, 3.05) is 80.1 Å². The van der Waals surface area contributed by atoms with Crippen LogP contribution in [0.3, 0.4) is 0 Å². The molecule has 0 unspecified atom stereocenters. The number of halogens is 7. The summed E-state index contributed by atoms with van der Waals surface area (Å²) >= 11 is 12.7. The number of hydrogen-bond acceptors (Lipinski definition) is 14. The van der Waals surface area contributed by atoms with Gasteiger partial charge in [0.1, 0.15) is 69.0 Å². The number of carbonyl (C=O) groups excluding carboxylic acids is 3. The summed E-state index contributed by atoms with van der Waals surface area (Å²) in [6, 6.07) is 23.0. The standard InChI is InChI=1S/C27H23F2N5O.C26H20ClF2N5O.C25H21ClFN7O/c1-3-24(35)34-11-10-33(16-19(34)14-30-2)23-8-9-31-27-22(23)15-32-26(25(27)29)21-13-18(28)12-17-6-4-5-7-20(17)21;1-3-20(35)33-10-9-18-19(33)12-34(18)26-16-11-30-24(23(29)25(16)31-13(2)32-26)15-6-4-5-14-7-8-17(28)22(27)21(14)15;1-4-21(35)34-8-7-33(13-15(34)10-28-3)20-5-6-29-24-17(20)11-30-25(23(24)27)22-14(2)18(26)9-19-16(22)12-31-32-19/h4-9,12-13,15,19H,3,10-11,14,16H2,1H3;3-8,11,18-19H,1,9-10,12H2,2H3;4-6,9,11-12,15H,1,7-8,10,13H2,2H3,(H,31,32)/t19-;18-,19-;15-/m010/s1. The highest BCUT2D eigenvalue weighted by atomic mass is 35.5. The number of nitrogens with zero attached hydrogens (tertiary/aromatic N) is 16. The lowest BCUT2D eigenvalue weighted by atomic mass is 9.96. The van der Waals surface area contributed by atoms with Gasteiger partial charge in [0.2, 0.25) is 30.8 Å². The van der Waals surface area contributed by atoms with Crippen LogP contribution in [0.5, 0.6) is 0 Å². The van der Waals surface area contributed by atoms with E-state index >= 15 is 13.2 Å². The second-order valence-electron chi connectivity index (χ2n) is 25.8. The predicted molar refractivity (Wildman–Crippen MR) is 397 cm³/mol. The Morgan fingerprint density at radius 3 is 1.90 bits per heavy atom. The lowest BCUT2D eigenvalue weighted by Gasteiger charge is -2.47. The van der Waals surface area contributed by atoms with Gasteiger partial charge in [0.05, 0.1) is 34.2 Å². The van der Waals surface area contributed by atoms with Crippen LogP contribution in [-0.4, -0.2) is 167 Å². The van der Waals surface area contributed by atoms with Gasteiger partial charge in [0.15, 0.2) is 17.5 Å². The van der Waals surface area contributed by atoms with Crippen molar-refractivity contribution in [3.63, 3.8) is 0 Å². The maximum Gasteiger partial charge on any atom is 0.246 e. The van der Waals surface area contributed by atoms with Crippen LogP contribution in [0.25, 0.3) is 109 Å². The number of hydrogen-bond donors (Lipinski definition) is 1. The molecule has 16 rings (SSSR count). The molecule has 528 valence electrons. The molecule has 11 heterocycles. The van der Waals surface area contributed by atoms with Gasteiger partial charge < -0.3 is 39.1 Å². The number of nitrogens with one attached hydrogen (secondary N) is 1. The van der Waals surface area contributed by atoms with Crippen molar-refractivity contribution in [3.8, 4) is 33.8 Å². The third kappa shape index (κ3) is 12.8. The summed E-state index contributed by atoms with van der Waals surface area (Å²) in [7, 11) is 0. The lowest BCUT2D eigenvalue weighted by Crippen LogP contribution is -2.63. The van der Waals surface area contributed by atoms with Crippen LogP contribution < -0.4 is 14.7 Å². The lowest BCUT2D eigenvalue weighted by molar-refractivity contribution is -0.133. The largest absolute Gasteiger partial charge is 0.367 e. The quantitative estimate of drug-likeness (QED) is 0.0729. The molecular formula is C78H64Cl2F5N17O3. The molecule has 5 aromatic carbocycles. The van der Waals surface area contributed by atoms with Crippen LogP contribution in [0.4, 0.5) is 39.1 Å². The molecule has 20 nitrogen and oxygen atoms in total. The van der Waals surface area contributed by atoms with E-state index in [1.807, 2.05) is 41.8 Å². The fourth-order valence-electron chi connectivity index (χ4n) is 14.9. The molecule has 0 radical (unpaired) electrons. The summed E-state index contributed by atoms with van der Waals surface area (Å²) in [5, 5.41) is 12.1. The Kier molecular flexibility index (Phi) is 19.5. The van der Waals surface area contributed by atoms with E-state index in [1.54, 1.807) is 102 Å². The SMILES string of the molecule is C=CC(=O)N1CC[C@@H]2[C@H]1CN2c1nc(C)nc2c(F)c(-c3cccc4ccc(F)c(Cl)c34)ncc12.[C-]#[N+]C[C@H]1CN(c2ccnc3c(F)c(-c4c(C)c(Cl)cc5[nH]ncc45)ncc23)CCN1C(=O)C=C.[C-]#[N+]C[C@H]1CN(c2ccnc3c(F)c(-c4cc(F)cc5ccccc45)ncc23)CCN1C(=O)CC. The fourth-order valence-corrected chi connectivity index (χ4v) is 15.4. The van der Waals surface area contributed by atoms with Crippen LogP contribution >= 0.6 is 23.2 Å². The number of pyridine rings is 5. The second kappa shape index (κ2) is 29.1. The highest BCUT2D eigenvalue weighted by molar-refractivity contribution is 6.37. The average Bonchev–Trinajstić information content (AvgIpc) is 1.70. The first kappa shape index (κ1) is 70.2. The Bertz CT molecular complexity index is 5660. The first-order chi connectivity index (χ1) is 50.8. The molecule has 3 amide bonds. The van der Waals surface area contributed by atoms with E-state index in [4.69, 9.17) is 36.3 Å². The van der Waals surface area contributed by atoms with Gasteiger partial charge >= 0.3 is 0 Å². The molecule has 0 saturated carbocycles. The smallest absolute Gasteiger partial charge is 0.246 e. The van der Waals surface area contributed by atoms with E-state index in [2.05, 4.69) is 77.7 Å². The average molecular weight is 1450 g/mol. The summed E-state index contributed by atoms with van der Waals surface area (Å²) in [5.41, 5.74) is 4.95. The molecule has 7 aromatic heterocycles. The number of piperazine rings is 2. The van der Waals surface area contributed by atoms with Crippen LogP contribution in [-0.2, 0) is 14.4 Å². The fraction of sp³-hybridized carbons (Fsp3) is 0.244. The van der Waals surface area contributed by atoms with Gasteiger partial charge in [0, 0.05) is 144 Å². The normalized spacial score (nSPS) is 17.1. The minimum absolute atomic E-state index is 0.0255. The van der Waals surface area contributed by atoms with Crippen LogP contribution in [0.1, 0.15) is 31.2 Å². The Morgan fingerprint density at radius 2 is 1.22 bits per heavy atom. The molecule has 27 heteroatoms. The molecule has 4 atom stereocenters. The molecule has 0 bridgehead atoms. The van der Waals surface area contributed by atoms with Crippen molar-refractivity contribution in [1.29, 1.82) is 0 Å². The summed E-state index contributed by atoms with van der Waals surface area (Å²) < 4.78 is 76.3. The Balaban J connectivity index is 0.000000133. The number of fused-ring (bicyclic) bond motifs is 7. The highest BCUT2D eigenvalue weighted by Crippen LogP contribution is 2.44. The second-order valence-corrected chi connectivity index (χ2v) is 26.6. The minimum Gasteiger partial charge on any atom is -0.367 e. The van der Waals surface area contributed by atoms with Crippen LogP contribution in [0, 0.1) is 56.1 Å². The van der Waals surface area contributed by atoms with E-state index in [1.165, 1.54) is 30.4 Å². The van der Waals surface area contributed by atoms with Crippen LogP contribution in [0.15, 0.2) is 147 Å². The third-order valence-corrected chi connectivity index (χ3v) is 20.8. The maximum atomic E-state index is 16.0. The number of rotatable bonds is 11. The zero-order valence-corrected chi connectivity index (χ0v) is 58.4. The predicted octanol–water partition coefficient (Wildman–Crippen LogP) is 14.5. The monoisotopic (exact) mass is 1450 g/mol. The van der Waals surface area contributed by atoms with Gasteiger partial charge in [-0.25, -0.2) is 45.1 Å². The molecule has 12 aromatic rings. The highest BCUT2D eigenvalue weighted by Gasteiger charge is 2.49. The van der Waals surface area contributed by atoms with Gasteiger partial charge in [-0.1, -0.05) is 91.8 Å². The zero-order valence-electron chi connectivity index (χ0n) is 56.9. The van der Waals surface area contributed by atoms with Crippen molar-refractivity contribution in [1.82, 2.24) is 59.8 Å². The van der Waals surface area contributed by atoms with E-state index in [-0.39, 0.29) is 93.6 Å². The Labute approximate surface area is 608 Å². The molecule has 0 aliphatic carbocycles. The number of aromatic amines is 1. The summed E-state index contributed by atoms with van der Waals surface area (Å²) in [6.07, 6.45) is 13.3. The summed E-state index contributed by atoms with van der Waals surface area (Å²) in [6.45, 7) is 31.6. The van der Waals surface area contributed by atoms with Gasteiger partial charge in [-0.3, -0.25) is 44.4 Å². The van der Waals surface area contributed by atoms with Crippen molar-refractivity contribution in [2.45, 2.75) is 57.8 Å². The van der Waals surface area contributed by atoms with Crippen molar-refractivity contribution < 1.29 is 36.3 Å². The first-order valence-corrected chi connectivity index (χ1v) is 34.6. The number of H-pyrrole nitrogens is 1. The first-order valence-electron chi connectivity index (χ1n) is 33.8. The molecule has 1 N–H and O–H groups in total. The number of carbonyl (C=O) groups is 3. The molecular weight excluding hydrogens is 1390 g/mol. The van der Waals surface area contributed by atoms with Crippen molar-refractivity contribution in [2.24, 2.45) is 0 Å². The van der Waals surface area contributed by atoms with Crippen LogP contribution in [0.2, 0.25) is 10.0 Å². The Morgan fingerprint density at radius 1 is 0.610 bits per heavy atom. The molecule has 4 aliphatic rings. The number of aryl methyl sites for hydroxylation is 1. The van der Waals surface area contributed by atoms with E-state index in [0.717, 1.165) is 23.2 Å². The number of likely N-dealkylation sites (tertiary alicyclic amines) is 1. The summed E-state index contributed by atoms with van der Waals surface area (Å²) in [5.74, 6) is -2.05. The number of benzene rings is 5. The molecule has 0 spiro atoms. The number of amides is 3. The van der Waals surface area contributed by atoms with Gasteiger partial charge in [-0.15, -0.1) is 0 Å². The molecule has 4 aliphatic heterocycles. The minimum atomic E-state index is -0.617. The number of aromatic nitrogens is 9. The van der Waals surface area contributed by atoms with Crippen molar-refractivity contribution >= 4 is 123 Å². The Hall–Kier alpha value is -11.8. The number of anilines is 3. The molecule has 4 fully saturated rings. The summed E-state index contributed by atoms with van der Waals surface area (Å²) in [4.78, 5) is 86.2. The van der Waals surface area contributed by atoms with Gasteiger partial charge in [-0.2, -0.15) is 5.10 Å². The van der Waals surface area contributed by atoms with E-state index in [0.29, 0.717) is 141 Å². The maximum absolute atomic E-state index is 16.0. The molecule has 4 saturated heterocycles. The third-order valence-electron chi connectivity index (χ3n) is 20.0. The van der Waals surface area contributed by atoms with Crippen molar-refractivity contribution in [3.05, 3.63) is 221 Å².